The monoisotopic (exact) mass is 429 g/mol. The summed E-state index contributed by atoms with van der Waals surface area (Å²) in [5.74, 6) is 0.510. The molecule has 31 heavy (non-hydrogen) atoms. The molecule has 0 bridgehead atoms. The fourth-order valence-electron chi connectivity index (χ4n) is 3.60. The van der Waals surface area contributed by atoms with Gasteiger partial charge in [-0.2, -0.15) is 5.26 Å². The largest absolute Gasteiger partial charge is 0.491 e. The molecule has 0 saturated carbocycles. The summed E-state index contributed by atoms with van der Waals surface area (Å²) < 4.78 is 5.95. The maximum atomic E-state index is 12.7. The first-order valence-electron chi connectivity index (χ1n) is 10.1. The van der Waals surface area contributed by atoms with E-state index in [0.717, 1.165) is 29.9 Å². The van der Waals surface area contributed by atoms with Crippen LogP contribution in [-0.4, -0.2) is 25.3 Å². The van der Waals surface area contributed by atoms with Crippen molar-refractivity contribution in [2.24, 2.45) is 0 Å². The number of amides is 1. The van der Waals surface area contributed by atoms with Crippen molar-refractivity contribution in [3.63, 3.8) is 0 Å². The fourth-order valence-corrected chi connectivity index (χ4v) is 4.01. The van der Waals surface area contributed by atoms with Crippen LogP contribution in [0.4, 0.5) is 11.4 Å². The SMILES string of the molecule is CSc1ccc(CNC(=O)c2ccc3c(c2)OCCCN3c2ccccc2C#N)cc1. The third-order valence-corrected chi connectivity index (χ3v) is 5.97. The molecular formula is C25H23N3O2S. The minimum atomic E-state index is -0.145. The van der Waals surface area contributed by atoms with Crippen molar-refractivity contribution < 1.29 is 9.53 Å². The van der Waals surface area contributed by atoms with Gasteiger partial charge in [-0.15, -0.1) is 11.8 Å². The smallest absolute Gasteiger partial charge is 0.251 e. The topological polar surface area (TPSA) is 65.4 Å². The van der Waals surface area contributed by atoms with Crippen LogP contribution in [0.3, 0.4) is 0 Å². The number of para-hydroxylation sites is 1. The van der Waals surface area contributed by atoms with Crippen molar-refractivity contribution in [1.29, 1.82) is 5.26 Å². The van der Waals surface area contributed by atoms with Gasteiger partial charge in [0.1, 0.15) is 11.8 Å². The molecule has 1 N–H and O–H groups in total. The highest BCUT2D eigenvalue weighted by Gasteiger charge is 2.21. The molecule has 0 aliphatic carbocycles. The zero-order valence-electron chi connectivity index (χ0n) is 17.3. The van der Waals surface area contributed by atoms with Gasteiger partial charge in [0.15, 0.2) is 0 Å². The van der Waals surface area contributed by atoms with E-state index in [1.807, 2.05) is 54.8 Å². The molecule has 4 rings (SSSR count). The Balaban J connectivity index is 1.54. The highest BCUT2D eigenvalue weighted by atomic mass is 32.2. The number of fused-ring (bicyclic) bond motifs is 1. The molecule has 0 atom stereocenters. The molecule has 0 unspecified atom stereocenters. The predicted octanol–water partition coefficient (Wildman–Crippen LogP) is 5.13. The van der Waals surface area contributed by atoms with Crippen LogP contribution in [0.1, 0.15) is 27.9 Å². The molecule has 0 aromatic heterocycles. The molecule has 6 heteroatoms. The number of nitriles is 1. The standard InChI is InChI=1S/C25H23N3O2S/c1-31-21-10-7-18(8-11-21)17-27-25(29)19-9-12-23-24(15-19)30-14-4-13-28(23)22-6-3-2-5-20(22)16-26/h2-3,5-12,15H,4,13-14,17H2,1H3,(H,27,29). The Morgan fingerprint density at radius 3 is 2.71 bits per heavy atom. The van der Waals surface area contributed by atoms with Gasteiger partial charge >= 0.3 is 0 Å². The van der Waals surface area contributed by atoms with E-state index >= 15 is 0 Å². The summed E-state index contributed by atoms with van der Waals surface area (Å²) in [6.07, 6.45) is 2.86. The number of nitrogens with one attached hydrogen (secondary N) is 1. The lowest BCUT2D eigenvalue weighted by atomic mass is 10.1. The van der Waals surface area contributed by atoms with Crippen molar-refractivity contribution in [3.05, 3.63) is 83.4 Å². The molecular weight excluding hydrogens is 406 g/mol. The van der Waals surface area contributed by atoms with Gasteiger partial charge in [0.05, 0.1) is 23.5 Å². The Morgan fingerprint density at radius 2 is 1.94 bits per heavy atom. The molecule has 1 heterocycles. The Hall–Kier alpha value is -3.43. The molecule has 156 valence electrons. The van der Waals surface area contributed by atoms with Crippen molar-refractivity contribution in [3.8, 4) is 11.8 Å². The Bertz CT molecular complexity index is 1120. The average Bonchev–Trinajstić information content (AvgIpc) is 3.04. The number of nitrogens with zero attached hydrogens (tertiary/aromatic N) is 2. The van der Waals surface area contributed by atoms with Crippen LogP contribution in [0.5, 0.6) is 5.75 Å². The number of carbonyl (C=O) groups is 1. The Kier molecular flexibility index (Phi) is 6.44. The molecule has 0 spiro atoms. The van der Waals surface area contributed by atoms with Crippen molar-refractivity contribution in [2.75, 3.05) is 24.3 Å². The number of thioether (sulfide) groups is 1. The molecule has 0 saturated heterocycles. The molecule has 3 aromatic rings. The number of carbonyl (C=O) groups excluding carboxylic acids is 1. The van der Waals surface area contributed by atoms with E-state index in [4.69, 9.17) is 4.74 Å². The minimum Gasteiger partial charge on any atom is -0.491 e. The number of ether oxygens (including phenoxy) is 1. The second-order valence-electron chi connectivity index (χ2n) is 7.20. The first-order chi connectivity index (χ1) is 15.2. The summed E-state index contributed by atoms with van der Waals surface area (Å²) in [6.45, 7) is 1.77. The zero-order valence-corrected chi connectivity index (χ0v) is 18.1. The average molecular weight is 430 g/mol. The maximum Gasteiger partial charge on any atom is 0.251 e. The van der Waals surface area contributed by atoms with Gasteiger partial charge in [-0.25, -0.2) is 0 Å². The summed E-state index contributed by atoms with van der Waals surface area (Å²) in [7, 11) is 0. The van der Waals surface area contributed by atoms with Crippen molar-refractivity contribution in [2.45, 2.75) is 17.9 Å². The Labute approximate surface area is 186 Å². The van der Waals surface area contributed by atoms with Gasteiger partial charge in [-0.05, 0) is 60.7 Å². The summed E-state index contributed by atoms with van der Waals surface area (Å²) >= 11 is 1.69. The lowest BCUT2D eigenvalue weighted by molar-refractivity contribution is 0.0950. The fraction of sp³-hybridized carbons (Fsp3) is 0.200. The lowest BCUT2D eigenvalue weighted by Gasteiger charge is -2.25. The molecule has 3 aromatic carbocycles. The van der Waals surface area contributed by atoms with E-state index < -0.39 is 0 Å². The van der Waals surface area contributed by atoms with Crippen molar-refractivity contribution in [1.82, 2.24) is 5.32 Å². The van der Waals surface area contributed by atoms with Crippen LogP contribution < -0.4 is 15.0 Å². The zero-order chi connectivity index (χ0) is 21.6. The van der Waals surface area contributed by atoms with E-state index in [1.165, 1.54) is 4.90 Å². The van der Waals surface area contributed by atoms with E-state index in [0.29, 0.717) is 30.0 Å². The molecule has 5 nitrogen and oxygen atoms in total. The highest BCUT2D eigenvalue weighted by Crippen LogP contribution is 2.38. The summed E-state index contributed by atoms with van der Waals surface area (Å²) in [5.41, 5.74) is 3.93. The predicted molar refractivity (Wildman–Crippen MR) is 124 cm³/mol. The van der Waals surface area contributed by atoms with Gasteiger partial charge in [0.2, 0.25) is 0 Å². The van der Waals surface area contributed by atoms with Gasteiger partial charge in [-0.3, -0.25) is 4.79 Å². The Morgan fingerprint density at radius 1 is 1.13 bits per heavy atom. The first-order valence-corrected chi connectivity index (χ1v) is 11.4. The van der Waals surface area contributed by atoms with Gasteiger partial charge in [-0.1, -0.05) is 24.3 Å². The van der Waals surface area contributed by atoms with Crippen LogP contribution in [0.2, 0.25) is 0 Å². The van der Waals surface area contributed by atoms with Gasteiger partial charge in [0, 0.05) is 23.5 Å². The van der Waals surface area contributed by atoms with E-state index in [2.05, 4.69) is 28.4 Å². The van der Waals surface area contributed by atoms with E-state index in [1.54, 1.807) is 17.8 Å². The third-order valence-electron chi connectivity index (χ3n) is 5.22. The second-order valence-corrected chi connectivity index (χ2v) is 8.08. The van der Waals surface area contributed by atoms with Gasteiger partial charge in [0.25, 0.3) is 5.91 Å². The minimum absolute atomic E-state index is 0.145. The van der Waals surface area contributed by atoms with E-state index in [9.17, 15) is 10.1 Å². The normalized spacial score (nSPS) is 12.8. The van der Waals surface area contributed by atoms with Crippen LogP contribution in [0, 0.1) is 11.3 Å². The van der Waals surface area contributed by atoms with Crippen LogP contribution in [0.25, 0.3) is 0 Å². The number of anilines is 2. The lowest BCUT2D eigenvalue weighted by Crippen LogP contribution is -2.23. The molecule has 1 aliphatic rings. The maximum absolute atomic E-state index is 12.7. The summed E-state index contributed by atoms with van der Waals surface area (Å²) in [4.78, 5) is 16.0. The second kappa shape index (κ2) is 9.59. The quantitative estimate of drug-likeness (QED) is 0.570. The van der Waals surface area contributed by atoms with Gasteiger partial charge < -0.3 is 15.0 Å². The third kappa shape index (κ3) is 4.68. The molecule has 1 amide bonds. The number of rotatable bonds is 5. The number of hydrogen-bond donors (Lipinski definition) is 1. The summed E-state index contributed by atoms with van der Waals surface area (Å²) in [5, 5.41) is 12.5. The highest BCUT2D eigenvalue weighted by molar-refractivity contribution is 7.98. The van der Waals surface area contributed by atoms with Crippen LogP contribution in [-0.2, 0) is 6.54 Å². The summed E-state index contributed by atoms with van der Waals surface area (Å²) in [6, 6.07) is 23.5. The van der Waals surface area contributed by atoms with Crippen LogP contribution in [0.15, 0.2) is 71.6 Å². The first kappa shape index (κ1) is 20.8. The number of hydrogen-bond acceptors (Lipinski definition) is 5. The van der Waals surface area contributed by atoms with Crippen molar-refractivity contribution >= 4 is 29.0 Å². The molecule has 0 fully saturated rings. The molecule has 0 radical (unpaired) electrons. The van der Waals surface area contributed by atoms with E-state index in [-0.39, 0.29) is 5.91 Å². The molecule has 1 aliphatic heterocycles. The number of benzene rings is 3. The van der Waals surface area contributed by atoms with Crippen LogP contribution >= 0.6 is 11.8 Å².